The largest absolute Gasteiger partial charge is 0.488 e. The van der Waals surface area contributed by atoms with Gasteiger partial charge >= 0.3 is 0 Å². The van der Waals surface area contributed by atoms with E-state index in [2.05, 4.69) is 4.90 Å². The molecular weight excluding hydrogens is 274 g/mol. The molecule has 2 aliphatic heterocycles. The normalized spacial score (nSPS) is 30.6. The van der Waals surface area contributed by atoms with Crippen molar-refractivity contribution in [2.24, 2.45) is 0 Å². The fourth-order valence-corrected chi connectivity index (χ4v) is 3.38. The van der Waals surface area contributed by atoms with Crippen LogP contribution in [-0.2, 0) is 6.42 Å². The summed E-state index contributed by atoms with van der Waals surface area (Å²) in [6.45, 7) is 4.87. The molecule has 3 nitrogen and oxygen atoms in total. The zero-order chi connectivity index (χ0) is 14.2. The molecule has 3 rings (SSSR count). The molecule has 2 atom stereocenters. The second-order valence-electron chi connectivity index (χ2n) is 6.35. The van der Waals surface area contributed by atoms with Crippen LogP contribution in [0.15, 0.2) is 18.2 Å². The molecule has 0 saturated carbocycles. The van der Waals surface area contributed by atoms with Gasteiger partial charge in [-0.05, 0) is 56.5 Å². The van der Waals surface area contributed by atoms with Crippen molar-refractivity contribution in [2.45, 2.75) is 44.3 Å². The van der Waals surface area contributed by atoms with Crippen LogP contribution in [0.5, 0.6) is 5.75 Å². The molecular formula is C16H22ClNO2. The Kier molecular flexibility index (Phi) is 3.93. The lowest BCUT2D eigenvalue weighted by atomic mass is 9.98. The fraction of sp³-hybridized carbons (Fsp3) is 0.625. The van der Waals surface area contributed by atoms with E-state index in [4.69, 9.17) is 16.3 Å². The van der Waals surface area contributed by atoms with Crippen LogP contribution in [0.1, 0.15) is 31.7 Å². The van der Waals surface area contributed by atoms with Crippen molar-refractivity contribution in [3.05, 3.63) is 28.8 Å². The molecule has 2 heterocycles. The summed E-state index contributed by atoms with van der Waals surface area (Å²) >= 11 is 6.02. The van der Waals surface area contributed by atoms with Crippen LogP contribution < -0.4 is 4.74 Å². The average molecular weight is 296 g/mol. The van der Waals surface area contributed by atoms with E-state index in [9.17, 15) is 5.11 Å². The Bertz CT molecular complexity index is 489. The first-order valence-corrected chi connectivity index (χ1v) is 7.79. The molecule has 0 radical (unpaired) electrons. The van der Waals surface area contributed by atoms with Gasteiger partial charge in [-0.3, -0.25) is 4.90 Å². The van der Waals surface area contributed by atoms with Gasteiger partial charge in [0.2, 0.25) is 0 Å². The number of rotatable bonds is 2. The first kappa shape index (κ1) is 14.2. The van der Waals surface area contributed by atoms with E-state index in [0.717, 1.165) is 56.1 Å². The van der Waals surface area contributed by atoms with E-state index >= 15 is 0 Å². The second-order valence-corrected chi connectivity index (χ2v) is 6.78. The van der Waals surface area contributed by atoms with E-state index in [0.29, 0.717) is 0 Å². The maximum atomic E-state index is 10.1. The highest BCUT2D eigenvalue weighted by Crippen LogP contribution is 2.31. The standard InChI is InChI=1S/C16H22ClNO2/c1-16(19)5-2-7-18(8-6-16)11-14-10-12-9-13(17)3-4-15(12)20-14/h3-4,9,14,19H,2,5-8,10-11H2,1H3. The monoisotopic (exact) mass is 295 g/mol. The number of ether oxygens (including phenoxy) is 1. The topological polar surface area (TPSA) is 32.7 Å². The molecule has 0 spiro atoms. The summed E-state index contributed by atoms with van der Waals surface area (Å²) in [6.07, 6.45) is 3.94. The number of hydrogen-bond donors (Lipinski definition) is 1. The van der Waals surface area contributed by atoms with Gasteiger partial charge in [-0.2, -0.15) is 0 Å². The number of benzene rings is 1. The van der Waals surface area contributed by atoms with Crippen molar-refractivity contribution >= 4 is 11.6 Å². The van der Waals surface area contributed by atoms with Crippen molar-refractivity contribution in [2.75, 3.05) is 19.6 Å². The Balaban J connectivity index is 1.58. The van der Waals surface area contributed by atoms with E-state index in [1.54, 1.807) is 0 Å². The van der Waals surface area contributed by atoms with Crippen molar-refractivity contribution in [1.29, 1.82) is 0 Å². The van der Waals surface area contributed by atoms with Gasteiger partial charge in [-0.15, -0.1) is 0 Å². The Morgan fingerprint density at radius 3 is 3.10 bits per heavy atom. The van der Waals surface area contributed by atoms with E-state index in [1.807, 2.05) is 25.1 Å². The minimum absolute atomic E-state index is 0.214. The molecule has 1 aromatic carbocycles. The summed E-state index contributed by atoms with van der Waals surface area (Å²) < 4.78 is 5.99. The molecule has 1 saturated heterocycles. The number of aliphatic hydroxyl groups is 1. The molecule has 4 heteroatoms. The average Bonchev–Trinajstić information content (AvgIpc) is 2.68. The van der Waals surface area contributed by atoms with Crippen molar-refractivity contribution in [1.82, 2.24) is 4.90 Å². The van der Waals surface area contributed by atoms with E-state index in [-0.39, 0.29) is 6.10 Å². The van der Waals surface area contributed by atoms with Crippen LogP contribution in [0.3, 0.4) is 0 Å². The first-order valence-electron chi connectivity index (χ1n) is 7.42. The highest BCUT2D eigenvalue weighted by Gasteiger charge is 2.29. The predicted octanol–water partition coefficient (Wildman–Crippen LogP) is 2.88. The summed E-state index contributed by atoms with van der Waals surface area (Å²) in [7, 11) is 0. The molecule has 1 aromatic rings. The third-order valence-corrected chi connectivity index (χ3v) is 4.62. The van der Waals surface area contributed by atoms with Crippen LogP contribution in [0.4, 0.5) is 0 Å². The van der Waals surface area contributed by atoms with E-state index < -0.39 is 5.60 Å². The lowest BCUT2D eigenvalue weighted by Crippen LogP contribution is -2.36. The Morgan fingerprint density at radius 1 is 1.40 bits per heavy atom. The maximum absolute atomic E-state index is 10.1. The Hall–Kier alpha value is -0.770. The third-order valence-electron chi connectivity index (χ3n) is 4.38. The van der Waals surface area contributed by atoms with Gasteiger partial charge in [-0.1, -0.05) is 11.6 Å². The summed E-state index contributed by atoms with van der Waals surface area (Å²) in [4.78, 5) is 2.42. The zero-order valence-corrected chi connectivity index (χ0v) is 12.7. The number of nitrogens with zero attached hydrogens (tertiary/aromatic N) is 1. The highest BCUT2D eigenvalue weighted by molar-refractivity contribution is 6.30. The smallest absolute Gasteiger partial charge is 0.123 e. The summed E-state index contributed by atoms with van der Waals surface area (Å²) in [5.41, 5.74) is 0.714. The van der Waals surface area contributed by atoms with Gasteiger partial charge < -0.3 is 9.84 Å². The van der Waals surface area contributed by atoms with Gasteiger partial charge in [0.1, 0.15) is 11.9 Å². The molecule has 0 bridgehead atoms. The molecule has 1 fully saturated rings. The fourth-order valence-electron chi connectivity index (χ4n) is 3.18. The van der Waals surface area contributed by atoms with Crippen LogP contribution in [0.25, 0.3) is 0 Å². The molecule has 110 valence electrons. The maximum Gasteiger partial charge on any atom is 0.123 e. The Labute approximate surface area is 125 Å². The SMILES string of the molecule is CC1(O)CCCN(CC2Cc3cc(Cl)ccc3O2)CC1. The summed E-state index contributed by atoms with van der Waals surface area (Å²) in [5.74, 6) is 0.973. The number of likely N-dealkylation sites (tertiary alicyclic amines) is 1. The number of halogens is 1. The van der Waals surface area contributed by atoms with Gasteiger partial charge in [-0.25, -0.2) is 0 Å². The summed E-state index contributed by atoms with van der Waals surface area (Å²) in [5, 5.41) is 10.9. The first-order chi connectivity index (χ1) is 9.52. The molecule has 2 aliphatic rings. The van der Waals surface area contributed by atoms with E-state index in [1.165, 1.54) is 5.56 Å². The van der Waals surface area contributed by atoms with Crippen molar-refractivity contribution in [3.8, 4) is 5.75 Å². The van der Waals surface area contributed by atoms with Gasteiger partial charge in [0.15, 0.2) is 0 Å². The third kappa shape index (κ3) is 3.27. The molecule has 20 heavy (non-hydrogen) atoms. The highest BCUT2D eigenvalue weighted by atomic mass is 35.5. The van der Waals surface area contributed by atoms with Gasteiger partial charge in [0, 0.05) is 24.5 Å². The van der Waals surface area contributed by atoms with Gasteiger partial charge in [0.05, 0.1) is 5.60 Å². The summed E-state index contributed by atoms with van der Waals surface area (Å²) in [6, 6.07) is 5.85. The minimum Gasteiger partial charge on any atom is -0.488 e. The number of hydrogen-bond acceptors (Lipinski definition) is 3. The van der Waals surface area contributed by atoms with Crippen molar-refractivity contribution in [3.63, 3.8) is 0 Å². The van der Waals surface area contributed by atoms with Crippen LogP contribution in [-0.4, -0.2) is 41.3 Å². The lowest BCUT2D eigenvalue weighted by molar-refractivity contribution is 0.0432. The molecule has 1 N–H and O–H groups in total. The zero-order valence-electron chi connectivity index (χ0n) is 11.9. The Morgan fingerprint density at radius 2 is 2.25 bits per heavy atom. The number of fused-ring (bicyclic) bond motifs is 1. The van der Waals surface area contributed by atoms with Crippen LogP contribution >= 0.6 is 11.6 Å². The lowest BCUT2D eigenvalue weighted by Gasteiger charge is -2.24. The predicted molar refractivity (Wildman–Crippen MR) is 80.5 cm³/mol. The quantitative estimate of drug-likeness (QED) is 0.911. The second kappa shape index (κ2) is 5.55. The molecule has 2 unspecified atom stereocenters. The molecule has 0 aromatic heterocycles. The molecule has 0 aliphatic carbocycles. The van der Waals surface area contributed by atoms with Gasteiger partial charge in [0.25, 0.3) is 0 Å². The minimum atomic E-state index is -0.498. The molecule has 0 amide bonds. The van der Waals surface area contributed by atoms with Crippen LogP contribution in [0, 0.1) is 0 Å². The van der Waals surface area contributed by atoms with Crippen LogP contribution in [0.2, 0.25) is 5.02 Å². The van der Waals surface area contributed by atoms with Crippen molar-refractivity contribution < 1.29 is 9.84 Å².